The van der Waals surface area contributed by atoms with Crippen molar-refractivity contribution < 1.29 is 4.79 Å². The molecule has 2 nitrogen and oxygen atoms in total. The van der Waals surface area contributed by atoms with Gasteiger partial charge < -0.3 is 4.90 Å². The first-order chi connectivity index (χ1) is 11.4. The van der Waals surface area contributed by atoms with Gasteiger partial charge in [0.25, 0.3) is 0 Å². The molecule has 130 valence electrons. The highest BCUT2D eigenvalue weighted by Crippen LogP contribution is 2.54. The molecule has 4 fully saturated rings. The number of nitrogens with zero attached hydrogens (tertiary/aromatic N) is 1. The van der Waals surface area contributed by atoms with Gasteiger partial charge in [-0.3, -0.25) is 4.79 Å². The minimum atomic E-state index is 0.355. The Kier molecular flexibility index (Phi) is 3.97. The van der Waals surface area contributed by atoms with E-state index >= 15 is 0 Å². The quantitative estimate of drug-likeness (QED) is 0.790. The molecule has 1 aromatic carbocycles. The Labute approximate surface area is 146 Å². The summed E-state index contributed by atoms with van der Waals surface area (Å²) < 4.78 is 0. The van der Waals surface area contributed by atoms with E-state index in [-0.39, 0.29) is 0 Å². The molecule has 5 rings (SSSR count). The maximum Gasteiger partial charge on any atom is 0.227 e. The van der Waals surface area contributed by atoms with Crippen molar-refractivity contribution in [1.29, 1.82) is 0 Å². The van der Waals surface area contributed by atoms with Crippen molar-refractivity contribution in [3.8, 4) is 0 Å². The van der Waals surface area contributed by atoms with Crippen LogP contribution >= 0.6 is 0 Å². The van der Waals surface area contributed by atoms with Gasteiger partial charge in [-0.05, 0) is 60.8 Å². The summed E-state index contributed by atoms with van der Waals surface area (Å²) in [7, 11) is 0. The minimum Gasteiger partial charge on any atom is -0.336 e. The number of rotatable bonds is 3. The normalized spacial score (nSPS) is 34.6. The molecule has 0 N–H and O–H groups in total. The molecule has 5 unspecified atom stereocenters. The third-order valence-corrected chi connectivity index (χ3v) is 6.58. The molecule has 2 saturated carbocycles. The Hall–Kier alpha value is -1.31. The summed E-state index contributed by atoms with van der Waals surface area (Å²) in [6, 6.07) is 11.3. The highest BCUT2D eigenvalue weighted by molar-refractivity contribution is 5.79. The van der Waals surface area contributed by atoms with E-state index in [4.69, 9.17) is 0 Å². The van der Waals surface area contributed by atoms with E-state index in [0.717, 1.165) is 23.3 Å². The van der Waals surface area contributed by atoms with Gasteiger partial charge in [-0.25, -0.2) is 0 Å². The zero-order valence-corrected chi connectivity index (χ0v) is 15.4. The monoisotopic (exact) mass is 325 g/mol. The summed E-state index contributed by atoms with van der Waals surface area (Å²) in [5, 5.41) is 0. The number of amides is 1. The Balaban J connectivity index is 1.55. The van der Waals surface area contributed by atoms with Crippen molar-refractivity contribution in [1.82, 2.24) is 4.90 Å². The molecule has 2 aliphatic carbocycles. The average molecular weight is 325 g/mol. The zero-order chi connectivity index (χ0) is 16.9. The van der Waals surface area contributed by atoms with Gasteiger partial charge in [-0.1, -0.05) is 51.1 Å². The second-order valence-corrected chi connectivity index (χ2v) is 9.68. The molecular weight excluding hydrogens is 294 g/mol. The van der Waals surface area contributed by atoms with E-state index in [1.54, 1.807) is 0 Å². The lowest BCUT2D eigenvalue weighted by molar-refractivity contribution is -0.158. The highest BCUT2D eigenvalue weighted by atomic mass is 16.2. The third kappa shape index (κ3) is 3.00. The third-order valence-electron chi connectivity index (χ3n) is 6.58. The lowest BCUT2D eigenvalue weighted by Crippen LogP contribution is -2.64. The lowest BCUT2D eigenvalue weighted by Gasteiger charge is -2.61. The molecule has 2 heterocycles. The van der Waals surface area contributed by atoms with Gasteiger partial charge in [0.1, 0.15) is 0 Å². The number of hydrogen-bond donors (Lipinski definition) is 0. The predicted molar refractivity (Wildman–Crippen MR) is 97.6 cm³/mol. The fraction of sp³-hybridized carbons (Fsp3) is 0.682. The molecule has 5 atom stereocenters. The van der Waals surface area contributed by atoms with Crippen LogP contribution in [0.25, 0.3) is 0 Å². The Morgan fingerprint density at radius 3 is 2.54 bits per heavy atom. The van der Waals surface area contributed by atoms with Crippen LogP contribution in [0.2, 0.25) is 0 Å². The van der Waals surface area contributed by atoms with Crippen molar-refractivity contribution in [3.63, 3.8) is 0 Å². The van der Waals surface area contributed by atoms with Crippen LogP contribution in [0, 0.1) is 23.2 Å². The smallest absolute Gasteiger partial charge is 0.227 e. The van der Waals surface area contributed by atoms with Gasteiger partial charge in [-0.2, -0.15) is 0 Å². The predicted octanol–water partition coefficient (Wildman–Crippen LogP) is 4.68. The van der Waals surface area contributed by atoms with E-state index in [1.807, 2.05) is 18.2 Å². The fourth-order valence-corrected chi connectivity index (χ4v) is 5.90. The van der Waals surface area contributed by atoms with Gasteiger partial charge >= 0.3 is 0 Å². The maximum absolute atomic E-state index is 13.1. The molecular formula is C22H31NO. The van der Waals surface area contributed by atoms with Crippen LogP contribution in [-0.2, 0) is 11.2 Å². The molecule has 1 aromatic rings. The summed E-state index contributed by atoms with van der Waals surface area (Å²) >= 11 is 0. The molecule has 4 bridgehead atoms. The second-order valence-electron chi connectivity index (χ2n) is 9.68. The molecule has 0 spiro atoms. The first kappa shape index (κ1) is 16.2. The largest absolute Gasteiger partial charge is 0.336 e. The zero-order valence-electron chi connectivity index (χ0n) is 15.4. The van der Waals surface area contributed by atoms with Crippen molar-refractivity contribution >= 4 is 5.91 Å². The van der Waals surface area contributed by atoms with Crippen LogP contribution in [0.15, 0.2) is 30.3 Å². The van der Waals surface area contributed by atoms with Gasteiger partial charge in [0.2, 0.25) is 5.91 Å². The fourth-order valence-electron chi connectivity index (χ4n) is 5.90. The van der Waals surface area contributed by atoms with Crippen LogP contribution < -0.4 is 0 Å². The van der Waals surface area contributed by atoms with Gasteiger partial charge in [0.05, 0.1) is 6.42 Å². The Morgan fingerprint density at radius 2 is 1.83 bits per heavy atom. The van der Waals surface area contributed by atoms with Gasteiger partial charge in [0.15, 0.2) is 0 Å². The summed E-state index contributed by atoms with van der Waals surface area (Å²) in [6.07, 6.45) is 7.04. The summed E-state index contributed by atoms with van der Waals surface area (Å²) in [4.78, 5) is 15.5. The van der Waals surface area contributed by atoms with Crippen LogP contribution in [0.5, 0.6) is 0 Å². The van der Waals surface area contributed by atoms with E-state index in [9.17, 15) is 4.79 Å². The molecule has 0 radical (unpaired) electrons. The molecule has 4 aliphatic rings. The van der Waals surface area contributed by atoms with Crippen molar-refractivity contribution in [2.45, 2.75) is 71.4 Å². The number of hydrogen-bond acceptors (Lipinski definition) is 1. The van der Waals surface area contributed by atoms with E-state index in [0.29, 0.717) is 29.8 Å². The number of carbonyl (C=O) groups excluding carboxylic acids is 1. The van der Waals surface area contributed by atoms with Crippen molar-refractivity contribution in [3.05, 3.63) is 35.9 Å². The van der Waals surface area contributed by atoms with Gasteiger partial charge in [-0.15, -0.1) is 0 Å². The molecule has 24 heavy (non-hydrogen) atoms. The molecule has 1 amide bonds. The van der Waals surface area contributed by atoms with Crippen LogP contribution in [-0.4, -0.2) is 22.9 Å². The summed E-state index contributed by atoms with van der Waals surface area (Å²) in [6.45, 7) is 7.07. The lowest BCUT2D eigenvalue weighted by atomic mass is 9.56. The first-order valence-electron chi connectivity index (χ1n) is 9.76. The molecule has 2 aliphatic heterocycles. The van der Waals surface area contributed by atoms with Gasteiger partial charge in [0, 0.05) is 12.1 Å². The minimum absolute atomic E-state index is 0.355. The average Bonchev–Trinajstić information content (AvgIpc) is 2.50. The van der Waals surface area contributed by atoms with Crippen LogP contribution in [0.4, 0.5) is 0 Å². The molecule has 2 saturated heterocycles. The number of benzene rings is 1. The second kappa shape index (κ2) is 5.89. The Morgan fingerprint density at radius 1 is 1.08 bits per heavy atom. The van der Waals surface area contributed by atoms with E-state index in [2.05, 4.69) is 37.8 Å². The van der Waals surface area contributed by atoms with E-state index < -0.39 is 0 Å². The highest BCUT2D eigenvalue weighted by Gasteiger charge is 2.53. The van der Waals surface area contributed by atoms with E-state index in [1.165, 1.54) is 32.1 Å². The Bertz CT molecular complexity index is 602. The number of piperidine rings is 2. The maximum atomic E-state index is 13.1. The van der Waals surface area contributed by atoms with Crippen molar-refractivity contribution in [2.75, 3.05) is 0 Å². The first-order valence-corrected chi connectivity index (χ1v) is 9.76. The SMILES string of the molecule is CC(C)(C)CC1C2CC3CC(C2)N(C(=O)Cc2ccccc2)C1C3. The molecule has 0 aromatic heterocycles. The number of carbonyl (C=O) groups is 1. The molecule has 2 heteroatoms. The van der Waals surface area contributed by atoms with Crippen LogP contribution in [0.1, 0.15) is 58.4 Å². The summed E-state index contributed by atoms with van der Waals surface area (Å²) in [5.41, 5.74) is 1.51. The van der Waals surface area contributed by atoms with Crippen LogP contribution in [0.3, 0.4) is 0 Å². The standard InChI is InChI=1S/C22H31NO/c1-22(2,3)14-19-17-9-16-10-18(13-17)23(20(19)11-16)21(24)12-15-7-5-4-6-8-15/h4-8,16-20H,9-14H2,1-3H3. The topological polar surface area (TPSA) is 20.3 Å². The van der Waals surface area contributed by atoms with Crippen molar-refractivity contribution in [2.24, 2.45) is 23.2 Å². The summed E-state index contributed by atoms with van der Waals surface area (Å²) in [5.74, 6) is 2.84.